The fraction of sp³-hybridized carbons (Fsp3) is 1.00. The molecule has 2 nitrogen and oxygen atoms in total. The third-order valence-corrected chi connectivity index (χ3v) is 10.7. The number of unbranched alkanes of at least 4 members (excludes halogenated alkanes) is 1. The Hall–Kier alpha value is 1.000. The van der Waals surface area contributed by atoms with Crippen LogP contribution >= 0.6 is 21.6 Å². The molecular weight excluding hydrogens is 316 g/mol. The van der Waals surface area contributed by atoms with Gasteiger partial charge in [0, 0.05) is 33.6 Å². The van der Waals surface area contributed by atoms with Gasteiger partial charge in [0.2, 0.25) is 0 Å². The minimum atomic E-state index is -0.799. The highest BCUT2D eigenvalue weighted by Gasteiger charge is 2.20. The molecular formula is C13H28O2S4. The zero-order valence-electron chi connectivity index (χ0n) is 12.6. The molecule has 0 saturated carbocycles. The van der Waals surface area contributed by atoms with E-state index in [-0.39, 0.29) is 9.16 Å². The number of hydrogen-bond donors (Lipinski definition) is 0. The first-order chi connectivity index (χ1) is 9.06. The largest absolute Gasteiger partial charge is 0.259 e. The first kappa shape index (κ1) is 20.0. The van der Waals surface area contributed by atoms with Crippen molar-refractivity contribution in [3.63, 3.8) is 0 Å². The van der Waals surface area contributed by atoms with Gasteiger partial charge in [0.15, 0.2) is 0 Å². The van der Waals surface area contributed by atoms with Crippen LogP contribution in [0.3, 0.4) is 0 Å². The van der Waals surface area contributed by atoms with E-state index < -0.39 is 21.6 Å². The minimum absolute atomic E-state index is 0.178. The summed E-state index contributed by atoms with van der Waals surface area (Å²) in [6.07, 6.45) is 7.98. The maximum atomic E-state index is 12.2. The molecule has 6 heteroatoms. The normalized spacial score (nSPS) is 17.9. The summed E-state index contributed by atoms with van der Waals surface area (Å²) in [5.74, 6) is 0.808. The zero-order valence-corrected chi connectivity index (χ0v) is 15.8. The Balaban J connectivity index is 4.31. The SMILES string of the molecule is CCCCS(=O)C(CCC)SSC(CCC)S(C)=O. The van der Waals surface area contributed by atoms with E-state index in [9.17, 15) is 8.42 Å². The molecule has 19 heavy (non-hydrogen) atoms. The smallest absolute Gasteiger partial charge is 0.0905 e. The predicted octanol–water partition coefficient (Wildman–Crippen LogP) is 4.55. The minimum Gasteiger partial charge on any atom is -0.259 e. The Labute approximate surface area is 132 Å². The maximum absolute atomic E-state index is 12.2. The highest BCUT2D eigenvalue weighted by Crippen LogP contribution is 2.37. The molecule has 0 N–H and O–H groups in total. The Morgan fingerprint density at radius 2 is 1.42 bits per heavy atom. The van der Waals surface area contributed by atoms with Crippen LogP contribution in [-0.4, -0.2) is 29.6 Å². The second kappa shape index (κ2) is 12.7. The van der Waals surface area contributed by atoms with Crippen LogP contribution in [0.1, 0.15) is 59.3 Å². The molecule has 0 amide bonds. The van der Waals surface area contributed by atoms with Crippen molar-refractivity contribution in [2.45, 2.75) is 68.5 Å². The van der Waals surface area contributed by atoms with Crippen LogP contribution in [-0.2, 0) is 21.6 Å². The summed E-state index contributed by atoms with van der Waals surface area (Å²) in [6, 6.07) is 0. The highest BCUT2D eigenvalue weighted by atomic mass is 33.1. The summed E-state index contributed by atoms with van der Waals surface area (Å²) in [5.41, 5.74) is 0. The molecule has 0 saturated heterocycles. The van der Waals surface area contributed by atoms with E-state index in [4.69, 9.17) is 0 Å². The van der Waals surface area contributed by atoms with Crippen LogP contribution in [0.5, 0.6) is 0 Å². The lowest BCUT2D eigenvalue weighted by atomic mass is 10.4. The lowest BCUT2D eigenvalue weighted by molar-refractivity contribution is 0.673. The average molecular weight is 345 g/mol. The van der Waals surface area contributed by atoms with E-state index in [0.29, 0.717) is 0 Å². The zero-order chi connectivity index (χ0) is 14.7. The van der Waals surface area contributed by atoms with Gasteiger partial charge in [-0.2, -0.15) is 0 Å². The third-order valence-electron chi connectivity index (χ3n) is 2.68. The Morgan fingerprint density at radius 1 is 0.895 bits per heavy atom. The quantitative estimate of drug-likeness (QED) is 0.486. The average Bonchev–Trinajstić information content (AvgIpc) is 2.38. The molecule has 0 aliphatic heterocycles. The summed E-state index contributed by atoms with van der Waals surface area (Å²) in [4.78, 5) is 0. The Bertz CT molecular complexity index is 271. The summed E-state index contributed by atoms with van der Waals surface area (Å²) < 4.78 is 24.3. The molecule has 0 aromatic rings. The van der Waals surface area contributed by atoms with Crippen LogP contribution in [0, 0.1) is 0 Å². The van der Waals surface area contributed by atoms with E-state index in [2.05, 4.69) is 20.8 Å². The van der Waals surface area contributed by atoms with Crippen LogP contribution in [0.25, 0.3) is 0 Å². The fourth-order valence-electron chi connectivity index (χ4n) is 1.51. The van der Waals surface area contributed by atoms with Gasteiger partial charge in [-0.3, -0.25) is 8.42 Å². The topological polar surface area (TPSA) is 34.1 Å². The van der Waals surface area contributed by atoms with Crippen LogP contribution in [0.15, 0.2) is 0 Å². The lowest BCUT2D eigenvalue weighted by Crippen LogP contribution is -2.15. The molecule has 0 aromatic heterocycles. The molecule has 116 valence electrons. The Kier molecular flexibility index (Phi) is 13.4. The molecule has 4 atom stereocenters. The predicted molar refractivity (Wildman–Crippen MR) is 94.6 cm³/mol. The van der Waals surface area contributed by atoms with E-state index in [0.717, 1.165) is 44.3 Å². The molecule has 0 spiro atoms. The molecule has 0 aliphatic rings. The number of hydrogen-bond acceptors (Lipinski definition) is 4. The van der Waals surface area contributed by atoms with Gasteiger partial charge in [0.25, 0.3) is 0 Å². The van der Waals surface area contributed by atoms with E-state index in [1.807, 2.05) is 0 Å². The van der Waals surface area contributed by atoms with Gasteiger partial charge in [-0.25, -0.2) is 0 Å². The van der Waals surface area contributed by atoms with Crippen molar-refractivity contribution in [2.75, 3.05) is 12.0 Å². The van der Waals surface area contributed by atoms with E-state index >= 15 is 0 Å². The van der Waals surface area contributed by atoms with E-state index in [1.54, 1.807) is 27.8 Å². The van der Waals surface area contributed by atoms with Gasteiger partial charge in [0.1, 0.15) is 0 Å². The van der Waals surface area contributed by atoms with Gasteiger partial charge >= 0.3 is 0 Å². The first-order valence-electron chi connectivity index (χ1n) is 7.08. The third kappa shape index (κ3) is 9.53. The van der Waals surface area contributed by atoms with Gasteiger partial charge < -0.3 is 0 Å². The van der Waals surface area contributed by atoms with Crippen LogP contribution in [0.4, 0.5) is 0 Å². The van der Waals surface area contributed by atoms with Crippen molar-refractivity contribution in [3.05, 3.63) is 0 Å². The van der Waals surface area contributed by atoms with Crippen molar-refractivity contribution in [1.29, 1.82) is 0 Å². The summed E-state index contributed by atoms with van der Waals surface area (Å²) in [5, 5.41) is 0. The van der Waals surface area contributed by atoms with Crippen molar-refractivity contribution in [3.8, 4) is 0 Å². The van der Waals surface area contributed by atoms with E-state index in [1.165, 1.54) is 0 Å². The highest BCUT2D eigenvalue weighted by molar-refractivity contribution is 8.79. The van der Waals surface area contributed by atoms with Crippen LogP contribution < -0.4 is 0 Å². The molecule has 0 radical (unpaired) electrons. The van der Waals surface area contributed by atoms with Crippen molar-refractivity contribution in [2.24, 2.45) is 0 Å². The lowest BCUT2D eigenvalue weighted by Gasteiger charge is -2.18. The summed E-state index contributed by atoms with van der Waals surface area (Å²) in [7, 11) is 1.85. The maximum Gasteiger partial charge on any atom is 0.0905 e. The van der Waals surface area contributed by atoms with Crippen LogP contribution in [0.2, 0.25) is 0 Å². The van der Waals surface area contributed by atoms with Gasteiger partial charge in [-0.1, -0.05) is 61.6 Å². The molecule has 0 bridgehead atoms. The molecule has 0 heterocycles. The molecule has 0 fully saturated rings. The Morgan fingerprint density at radius 3 is 1.89 bits per heavy atom. The van der Waals surface area contributed by atoms with Crippen molar-refractivity contribution in [1.82, 2.24) is 0 Å². The van der Waals surface area contributed by atoms with Crippen molar-refractivity contribution >= 4 is 43.2 Å². The summed E-state index contributed by atoms with van der Waals surface area (Å²) in [6.45, 7) is 6.39. The molecule has 0 aromatic carbocycles. The van der Waals surface area contributed by atoms with Gasteiger partial charge in [0.05, 0.1) is 9.16 Å². The fourth-order valence-corrected chi connectivity index (χ4v) is 9.32. The first-order valence-corrected chi connectivity index (χ1v) is 12.4. The molecule has 0 rings (SSSR count). The van der Waals surface area contributed by atoms with Gasteiger partial charge in [-0.05, 0) is 19.3 Å². The second-order valence-corrected chi connectivity index (χ2v) is 11.1. The van der Waals surface area contributed by atoms with Gasteiger partial charge in [-0.15, -0.1) is 0 Å². The monoisotopic (exact) mass is 344 g/mol. The second-order valence-electron chi connectivity index (χ2n) is 4.57. The standard InChI is InChI=1S/C13H28O2S4/c1-5-8-11-19(15)13(10-7-3)17-16-12(9-6-2)18(4)14/h12-13H,5-11H2,1-4H3. The molecule has 4 unspecified atom stereocenters. The van der Waals surface area contributed by atoms with Crippen molar-refractivity contribution < 1.29 is 8.42 Å². The summed E-state index contributed by atoms with van der Waals surface area (Å²) >= 11 is 0. The number of rotatable bonds is 12. The molecule has 0 aliphatic carbocycles.